The molecule has 32 heteroatoms. The molecule has 119 heavy (non-hydrogen) atoms. The number of rotatable bonds is 33. The van der Waals surface area contributed by atoms with Crippen LogP contribution in [0.1, 0.15) is 177 Å². The second kappa shape index (κ2) is 49.0. The van der Waals surface area contributed by atoms with Gasteiger partial charge < -0.3 is 39.3 Å². The number of methoxy groups -OCH3 is 1. The lowest BCUT2D eigenvalue weighted by atomic mass is 10.0. The maximum Gasteiger partial charge on any atom is 0.341 e. The lowest BCUT2D eigenvalue weighted by Crippen LogP contribution is -2.16. The number of hydrogen-bond donors (Lipinski definition) is 2. The van der Waals surface area contributed by atoms with E-state index in [4.69, 9.17) is 34.2 Å². The Kier molecular flexibility index (Phi) is 39.0. The highest BCUT2D eigenvalue weighted by Gasteiger charge is 2.26. The molecule has 4 fully saturated rings. The molecule has 16 nitrogen and oxygen atoms in total. The molecule has 4 atom stereocenters. The van der Waals surface area contributed by atoms with Crippen molar-refractivity contribution in [2.45, 2.75) is 156 Å². The Balaban J connectivity index is 0.000000181. The lowest BCUT2D eigenvalue weighted by molar-refractivity contribution is -0.135. The molecule has 634 valence electrons. The Morgan fingerprint density at radius 3 is 0.882 bits per heavy atom. The molecule has 8 aromatic carbocycles. The van der Waals surface area contributed by atoms with Crippen LogP contribution in [0.3, 0.4) is 0 Å². The number of benzene rings is 8. The number of unbranched alkanes of at least 4 members (excludes halogenated alkanes) is 4. The normalized spacial score (nSPS) is 15.8. The average Bonchev–Trinajstić information content (AvgIpc) is 1.03. The SMILES string of the molecule is CCOC(=O)c1cc(-c2ccc(F)cc2F)ccc1OC(=O)CCCC[C@@H]1CCSS1.COC(=O)c1cc(-c2ccc(F)cc2F)ccc1OC(=O)CCCC[C@@H]1CCSS1.NC(=O)c1cc(-c2ccc(F)cc2F)ccc1OC(=O)CCCC[C@@H]1CCSS1.O=C(CCCC[C@@H]1CCSS1)Oc1ccc(-c2ccc(F)cc2F)cc1C(=O)O. The molecule has 4 aliphatic rings. The number of carboxylic acid groups (broad SMARTS) is 1. The standard InChI is InChI=1S/C23H24F2O4S2.C22H22F2O4S2.C21H21F2NO3S2.C21H20F2O4S2/c1-2-28-23(27)19-13-15(18-9-8-16(24)14-20(18)25)7-10-21(19)29-22(26)6-4-3-5-17-11-12-30-31-17;1-27-22(26)18-12-14(17-8-7-15(23)13-19(17)24)6-9-20(18)28-21(25)5-3-2-4-16-10-11-29-30-16;22-14-6-7-16(18(23)12-14)13-5-8-19(17(11-13)21(24)26)27-20(25)4-2-1-3-15-9-10-28-29-15;22-14-6-7-16(18(23)12-14)13-5-8-19(17(11-13)21(25)26)27-20(24)4-2-1-3-15-9-10-28-29-15/h7-10,13-14,17H,2-6,11-12H2,1H3;6-9,12-13,16H,2-5,10-11H2,1H3;5-8,11-12,15H,1-4,9-10H2,(H2,24,26);5-8,11-12,15H,1-4,9-10H2,(H,25,26)/t17-;16-;2*15-/m1111/s1. The van der Waals surface area contributed by atoms with Crippen molar-refractivity contribution in [2.24, 2.45) is 5.73 Å². The number of esters is 6. The van der Waals surface area contributed by atoms with Crippen LogP contribution < -0.4 is 24.7 Å². The van der Waals surface area contributed by atoms with Crippen LogP contribution in [0.2, 0.25) is 0 Å². The van der Waals surface area contributed by atoms with Crippen molar-refractivity contribution < 1.29 is 107 Å². The summed E-state index contributed by atoms with van der Waals surface area (Å²) in [6, 6.07) is 29.5. The van der Waals surface area contributed by atoms with Crippen molar-refractivity contribution in [1.82, 2.24) is 0 Å². The monoisotopic (exact) mass is 1790 g/mol. The van der Waals surface area contributed by atoms with Crippen LogP contribution in [-0.4, -0.2) is 111 Å². The number of amides is 1. The number of ether oxygens (including phenoxy) is 6. The van der Waals surface area contributed by atoms with E-state index in [1.54, 1.807) is 6.92 Å². The van der Waals surface area contributed by atoms with Crippen LogP contribution >= 0.6 is 86.4 Å². The van der Waals surface area contributed by atoms with E-state index in [1.807, 2.05) is 86.4 Å². The van der Waals surface area contributed by atoms with Crippen molar-refractivity contribution in [3.63, 3.8) is 0 Å². The minimum absolute atomic E-state index is 0.00598. The Hall–Kier alpha value is -8.24. The van der Waals surface area contributed by atoms with Gasteiger partial charge in [-0.1, -0.05) is 136 Å². The molecule has 4 saturated heterocycles. The highest BCUT2D eigenvalue weighted by molar-refractivity contribution is 8.78. The fraction of sp³-hybridized carbons (Fsp3) is 0.356. The molecule has 1 amide bonds. The molecule has 0 bridgehead atoms. The Morgan fingerprint density at radius 2 is 0.630 bits per heavy atom. The first kappa shape index (κ1) is 94.6. The van der Waals surface area contributed by atoms with Gasteiger partial charge in [-0.3, -0.25) is 24.0 Å². The van der Waals surface area contributed by atoms with E-state index in [9.17, 15) is 78.6 Å². The number of halogens is 8. The van der Waals surface area contributed by atoms with Crippen LogP contribution in [0.4, 0.5) is 35.1 Å². The fourth-order valence-electron chi connectivity index (χ4n) is 12.6. The zero-order chi connectivity index (χ0) is 85.3. The van der Waals surface area contributed by atoms with E-state index in [0.717, 1.165) is 99.9 Å². The number of carbonyl (C=O) groups excluding carboxylic acids is 7. The van der Waals surface area contributed by atoms with Gasteiger partial charge in [0.2, 0.25) is 0 Å². The van der Waals surface area contributed by atoms with Gasteiger partial charge in [-0.2, -0.15) is 0 Å². The highest BCUT2D eigenvalue weighted by atomic mass is 33.1. The molecule has 0 aromatic heterocycles. The Labute approximate surface area is 716 Å². The molecule has 4 aliphatic heterocycles. The maximum absolute atomic E-state index is 14.2. The summed E-state index contributed by atoms with van der Waals surface area (Å²) >= 11 is 0. The molecule has 0 spiro atoms. The first-order valence-corrected chi connectivity index (χ1v) is 48.0. The minimum atomic E-state index is -1.30. The number of aromatic carboxylic acids is 1. The Morgan fingerprint density at radius 1 is 0.361 bits per heavy atom. The number of hydrogen-bond acceptors (Lipinski definition) is 22. The molecule has 0 saturated carbocycles. The van der Waals surface area contributed by atoms with Crippen LogP contribution in [0.15, 0.2) is 146 Å². The van der Waals surface area contributed by atoms with Gasteiger partial charge in [0, 0.05) is 116 Å². The summed E-state index contributed by atoms with van der Waals surface area (Å²) < 4.78 is 140. The summed E-state index contributed by atoms with van der Waals surface area (Å²) in [5, 5.41) is 12.1. The van der Waals surface area contributed by atoms with Gasteiger partial charge in [0.1, 0.15) is 86.2 Å². The largest absolute Gasteiger partial charge is 0.478 e. The summed E-state index contributed by atoms with van der Waals surface area (Å²) in [4.78, 5) is 96.8. The minimum Gasteiger partial charge on any atom is -0.478 e. The van der Waals surface area contributed by atoms with E-state index < -0.39 is 94.2 Å². The van der Waals surface area contributed by atoms with Crippen molar-refractivity contribution >= 4 is 134 Å². The molecule has 0 radical (unpaired) electrons. The van der Waals surface area contributed by atoms with Gasteiger partial charge >= 0.3 is 41.8 Å². The first-order valence-electron chi connectivity index (χ1n) is 38.5. The van der Waals surface area contributed by atoms with E-state index >= 15 is 0 Å². The summed E-state index contributed by atoms with van der Waals surface area (Å²) in [5.41, 5.74) is 6.89. The quantitative estimate of drug-likeness (QED) is 0.0128. The predicted octanol–water partition coefficient (Wildman–Crippen LogP) is 23.8. The van der Waals surface area contributed by atoms with Gasteiger partial charge in [0.05, 0.1) is 19.3 Å². The first-order chi connectivity index (χ1) is 57.3. The summed E-state index contributed by atoms with van der Waals surface area (Å²) in [6.07, 6.45) is 16.7. The summed E-state index contributed by atoms with van der Waals surface area (Å²) in [6.45, 7) is 1.80. The van der Waals surface area contributed by atoms with Crippen molar-refractivity contribution in [3.8, 4) is 67.5 Å². The van der Waals surface area contributed by atoms with E-state index in [0.29, 0.717) is 63.4 Å². The third-order valence-electron chi connectivity index (χ3n) is 18.7. The van der Waals surface area contributed by atoms with Gasteiger partial charge in [-0.05, 0) is 203 Å². The van der Waals surface area contributed by atoms with E-state index in [-0.39, 0.29) is 105 Å². The van der Waals surface area contributed by atoms with Crippen molar-refractivity contribution in [1.29, 1.82) is 0 Å². The third-order valence-corrected chi connectivity index (χ3v) is 30.7. The Bertz CT molecular complexity index is 4690. The van der Waals surface area contributed by atoms with Gasteiger partial charge in [0.25, 0.3) is 5.91 Å². The maximum atomic E-state index is 14.2. The summed E-state index contributed by atoms with van der Waals surface area (Å²) in [5.74, 6) is -6.36. The highest BCUT2D eigenvalue weighted by Crippen LogP contribution is 2.44. The molecule has 12 rings (SSSR count). The zero-order valence-electron chi connectivity index (χ0n) is 64.9. The van der Waals surface area contributed by atoms with Gasteiger partial charge in [0.15, 0.2) is 0 Å². The smallest absolute Gasteiger partial charge is 0.341 e. The molecular weight excluding hydrogens is 1710 g/mol. The average molecular weight is 1800 g/mol. The molecule has 0 aliphatic carbocycles. The predicted molar refractivity (Wildman–Crippen MR) is 460 cm³/mol. The van der Waals surface area contributed by atoms with E-state index in [2.05, 4.69) is 0 Å². The van der Waals surface area contributed by atoms with Crippen LogP contribution in [-0.2, 0) is 28.7 Å². The number of carbonyl (C=O) groups is 8. The van der Waals surface area contributed by atoms with Crippen molar-refractivity contribution in [3.05, 3.63) is 214 Å². The number of primary amides is 1. The van der Waals surface area contributed by atoms with Crippen LogP contribution in [0.25, 0.3) is 44.5 Å². The molecule has 8 aromatic rings. The molecule has 0 unspecified atom stereocenters. The van der Waals surface area contributed by atoms with Crippen LogP contribution in [0.5, 0.6) is 23.0 Å². The molecular formula is C87H87F8NO15S8. The molecule has 3 N–H and O–H groups in total. The zero-order valence-corrected chi connectivity index (χ0v) is 71.4. The number of carboxylic acids is 1. The second-order valence-corrected chi connectivity index (χ2v) is 38.6. The lowest BCUT2D eigenvalue weighted by Gasteiger charge is -2.12. The second-order valence-electron chi connectivity index (χ2n) is 27.4. The van der Waals surface area contributed by atoms with Gasteiger partial charge in [-0.25, -0.2) is 49.5 Å². The molecule has 4 heterocycles. The van der Waals surface area contributed by atoms with Crippen LogP contribution in [0, 0.1) is 46.5 Å². The third kappa shape index (κ3) is 30.4. The number of nitrogens with two attached hydrogens (primary N) is 1. The van der Waals surface area contributed by atoms with Gasteiger partial charge in [-0.15, -0.1) is 0 Å². The van der Waals surface area contributed by atoms with Crippen molar-refractivity contribution in [2.75, 3.05) is 36.7 Å². The summed E-state index contributed by atoms with van der Waals surface area (Å²) in [7, 11) is 16.4. The fourth-order valence-corrected chi connectivity index (χ4v) is 24.7. The van der Waals surface area contributed by atoms with E-state index in [1.165, 1.54) is 153 Å². The topological polar surface area (TPSA) is 238 Å².